The summed E-state index contributed by atoms with van der Waals surface area (Å²) in [5.41, 5.74) is 3.19. The Morgan fingerprint density at radius 2 is 1.50 bits per heavy atom. The van der Waals surface area contributed by atoms with Crippen LogP contribution >= 0.6 is 24.8 Å². The van der Waals surface area contributed by atoms with Gasteiger partial charge in [0.05, 0.1) is 11.0 Å². The zero-order valence-electron chi connectivity index (χ0n) is 13.4. The van der Waals surface area contributed by atoms with Gasteiger partial charge in [-0.1, -0.05) is 0 Å². The Morgan fingerprint density at radius 3 is 2.00 bits per heavy atom. The Hall–Kier alpha value is -0.900. The van der Waals surface area contributed by atoms with E-state index in [4.69, 9.17) is 5.48 Å². The van der Waals surface area contributed by atoms with E-state index in [1.54, 1.807) is 12.4 Å². The second-order valence-corrected chi connectivity index (χ2v) is 4.28. The van der Waals surface area contributed by atoms with E-state index in [-0.39, 0.29) is 36.6 Å². The van der Waals surface area contributed by atoms with Crippen molar-refractivity contribution < 1.29 is 5.48 Å². The molecule has 1 aromatic heterocycles. The van der Waals surface area contributed by atoms with E-state index in [1.807, 2.05) is 12.1 Å². The maximum absolute atomic E-state index is 8.08. The van der Waals surface area contributed by atoms with Crippen LogP contribution in [-0.4, -0.2) is 23.0 Å². The number of nitrogens with one attached hydrogen (secondary N) is 1. The molecule has 2 unspecified atom stereocenters. The van der Waals surface area contributed by atoms with E-state index in [9.17, 15) is 0 Å². The van der Waals surface area contributed by atoms with Gasteiger partial charge in [0.1, 0.15) is 0 Å². The second-order valence-electron chi connectivity index (χ2n) is 4.28. The molecule has 1 aromatic carbocycles. The highest BCUT2D eigenvalue weighted by atomic mass is 35.5. The van der Waals surface area contributed by atoms with Gasteiger partial charge in [0.25, 0.3) is 0 Å². The molecule has 1 aliphatic carbocycles. The maximum Gasteiger partial charge on any atom is 0.0889 e. The lowest BCUT2D eigenvalue weighted by atomic mass is 9.98. The number of fused-ring (bicyclic) bond motifs is 6. The monoisotopic (exact) mass is 287 g/mol. The van der Waals surface area contributed by atoms with Crippen LogP contribution in [0.4, 0.5) is 0 Å². The molecule has 0 spiro atoms. The molecule has 2 bridgehead atoms. The largest absolute Gasteiger partial charge is 0.316 e. The Balaban J connectivity index is 0.000000882. The normalized spacial score (nSPS) is 32.9. The Bertz CT molecular complexity index is 667. The van der Waals surface area contributed by atoms with Gasteiger partial charge in [0, 0.05) is 30.9 Å². The summed E-state index contributed by atoms with van der Waals surface area (Å²) in [5.74, 6) is -0.671. The third-order valence-electron chi connectivity index (χ3n) is 3.39. The molecular formula is C13H15Cl2N3. The fourth-order valence-electron chi connectivity index (χ4n) is 2.63. The van der Waals surface area contributed by atoms with Crippen LogP contribution in [0.25, 0.3) is 11.0 Å². The fourth-order valence-corrected chi connectivity index (χ4v) is 2.63. The van der Waals surface area contributed by atoms with E-state index in [1.165, 1.54) is 0 Å². The second kappa shape index (κ2) is 5.00. The van der Waals surface area contributed by atoms with E-state index in [0.29, 0.717) is 6.42 Å². The molecule has 96 valence electrons. The number of benzene rings is 1. The van der Waals surface area contributed by atoms with Crippen molar-refractivity contribution in [3.8, 4) is 0 Å². The molecule has 0 saturated carbocycles. The lowest BCUT2D eigenvalue weighted by Gasteiger charge is -2.19. The molecule has 1 aliphatic heterocycles. The van der Waals surface area contributed by atoms with Crippen LogP contribution in [-0.2, 0) is 0 Å². The highest BCUT2D eigenvalue weighted by Gasteiger charge is 2.34. The molecule has 5 heteroatoms. The van der Waals surface area contributed by atoms with Crippen molar-refractivity contribution in [2.75, 3.05) is 13.0 Å². The highest BCUT2D eigenvalue weighted by molar-refractivity contribution is 5.85. The van der Waals surface area contributed by atoms with Crippen LogP contribution in [0.5, 0.6) is 0 Å². The first kappa shape index (κ1) is 9.08. The lowest BCUT2D eigenvalue weighted by Crippen LogP contribution is -2.28. The molecule has 0 radical (unpaired) electrons. The van der Waals surface area contributed by atoms with E-state index in [2.05, 4.69) is 15.3 Å². The summed E-state index contributed by atoms with van der Waals surface area (Å²) < 4.78 is 32.3. The molecule has 1 fully saturated rings. The minimum atomic E-state index is -1.75. The first-order valence-electron chi connectivity index (χ1n) is 7.42. The standard InChI is InChI=1S/C13H13N3.2ClH/c1-2-16-13-5-11-9-3-8(6-14-7-9)10(11)4-12(13)15-1;;/h1-2,4-5,8-9,14H,3,6-7H2;2*1H/i6D2,7D2;;. The van der Waals surface area contributed by atoms with Gasteiger partial charge < -0.3 is 5.32 Å². The number of hydrogen-bond donors (Lipinski definition) is 1. The molecule has 2 aliphatic rings. The predicted octanol–water partition coefficient (Wildman–Crippen LogP) is 2.65. The smallest absolute Gasteiger partial charge is 0.0889 e. The SMILES string of the molecule is Cl.Cl.[2H]C1([2H])NC([2H])([2H])C2CC1c1cc3nccnc3cc12. The van der Waals surface area contributed by atoms with Crippen molar-refractivity contribution in [2.45, 2.75) is 18.3 Å². The highest BCUT2D eigenvalue weighted by Crippen LogP contribution is 2.44. The number of piperidine rings is 1. The minimum absolute atomic E-state index is 0. The molecule has 0 amide bonds. The fraction of sp³-hybridized carbons (Fsp3) is 0.385. The van der Waals surface area contributed by atoms with Crippen molar-refractivity contribution in [1.29, 1.82) is 0 Å². The maximum atomic E-state index is 8.08. The zero-order valence-corrected chi connectivity index (χ0v) is 11.0. The van der Waals surface area contributed by atoms with Gasteiger partial charge in [-0.15, -0.1) is 24.8 Å². The molecule has 2 aromatic rings. The van der Waals surface area contributed by atoms with Crippen molar-refractivity contribution >= 4 is 35.8 Å². The Morgan fingerprint density at radius 1 is 1.00 bits per heavy atom. The first-order valence-corrected chi connectivity index (χ1v) is 5.42. The molecule has 2 heterocycles. The van der Waals surface area contributed by atoms with Crippen molar-refractivity contribution in [3.63, 3.8) is 0 Å². The third kappa shape index (κ3) is 1.87. The molecular weight excluding hydrogens is 269 g/mol. The van der Waals surface area contributed by atoms with E-state index >= 15 is 0 Å². The number of hydrogen-bond acceptors (Lipinski definition) is 3. The quantitative estimate of drug-likeness (QED) is 0.810. The van der Waals surface area contributed by atoms with Crippen LogP contribution in [0.1, 0.15) is 34.9 Å². The van der Waals surface area contributed by atoms with Gasteiger partial charge in [0.2, 0.25) is 0 Å². The number of rotatable bonds is 0. The summed E-state index contributed by atoms with van der Waals surface area (Å²) in [4.78, 5) is 8.52. The van der Waals surface area contributed by atoms with Crippen LogP contribution in [0.15, 0.2) is 24.5 Å². The van der Waals surface area contributed by atoms with Gasteiger partial charge in [-0.3, -0.25) is 9.97 Å². The van der Waals surface area contributed by atoms with Gasteiger partial charge in [-0.05, 0) is 41.5 Å². The summed E-state index contributed by atoms with van der Waals surface area (Å²) in [6, 6.07) is 3.73. The summed E-state index contributed by atoms with van der Waals surface area (Å²) >= 11 is 0. The van der Waals surface area contributed by atoms with Gasteiger partial charge in [-0.25, -0.2) is 0 Å². The summed E-state index contributed by atoms with van der Waals surface area (Å²) in [7, 11) is 0. The minimum Gasteiger partial charge on any atom is -0.316 e. The zero-order chi connectivity index (χ0) is 14.1. The van der Waals surface area contributed by atoms with E-state index < -0.39 is 13.0 Å². The third-order valence-corrected chi connectivity index (χ3v) is 3.39. The Labute approximate surface area is 124 Å². The van der Waals surface area contributed by atoms with Crippen LogP contribution in [0.3, 0.4) is 0 Å². The average Bonchev–Trinajstić information content (AvgIpc) is 2.71. The summed E-state index contributed by atoms with van der Waals surface area (Å²) in [6.45, 7) is -3.50. The summed E-state index contributed by atoms with van der Waals surface area (Å²) in [6.07, 6.45) is 3.71. The number of nitrogens with zero attached hydrogens (tertiary/aromatic N) is 2. The van der Waals surface area contributed by atoms with Crippen molar-refractivity contribution in [2.24, 2.45) is 0 Å². The molecule has 18 heavy (non-hydrogen) atoms. The molecule has 1 saturated heterocycles. The van der Waals surface area contributed by atoms with Crippen LogP contribution in [0, 0.1) is 0 Å². The number of halogens is 2. The molecule has 1 N–H and O–H groups in total. The Kier molecular flexibility index (Phi) is 2.52. The topological polar surface area (TPSA) is 37.8 Å². The van der Waals surface area contributed by atoms with Crippen molar-refractivity contribution in [1.82, 2.24) is 15.3 Å². The lowest BCUT2D eigenvalue weighted by molar-refractivity contribution is 0.454. The van der Waals surface area contributed by atoms with Gasteiger partial charge in [-0.2, -0.15) is 0 Å². The molecule has 2 atom stereocenters. The van der Waals surface area contributed by atoms with Crippen LogP contribution in [0.2, 0.25) is 0 Å². The van der Waals surface area contributed by atoms with Crippen molar-refractivity contribution in [3.05, 3.63) is 35.7 Å². The predicted molar refractivity (Wildman–Crippen MR) is 77.0 cm³/mol. The number of aromatic nitrogens is 2. The van der Waals surface area contributed by atoms with E-state index in [0.717, 1.165) is 22.2 Å². The van der Waals surface area contributed by atoms with Crippen LogP contribution < -0.4 is 5.32 Å². The van der Waals surface area contributed by atoms with Gasteiger partial charge in [0.15, 0.2) is 0 Å². The average molecular weight is 288 g/mol. The first-order chi connectivity index (χ1) is 9.38. The van der Waals surface area contributed by atoms with Gasteiger partial charge >= 0.3 is 0 Å². The molecule has 4 rings (SSSR count). The molecule has 3 nitrogen and oxygen atoms in total. The summed E-state index contributed by atoms with van der Waals surface area (Å²) in [5, 5.41) is 2.52.